The van der Waals surface area contributed by atoms with Gasteiger partial charge in [0.1, 0.15) is 0 Å². The number of nitrogens with zero attached hydrogens (tertiary/aromatic N) is 2. The van der Waals surface area contributed by atoms with Gasteiger partial charge in [0, 0.05) is 37.1 Å². The van der Waals surface area contributed by atoms with Gasteiger partial charge in [0.15, 0.2) is 0 Å². The van der Waals surface area contributed by atoms with E-state index in [2.05, 4.69) is 16.1 Å². The summed E-state index contributed by atoms with van der Waals surface area (Å²) in [5.41, 5.74) is 2.49. The summed E-state index contributed by atoms with van der Waals surface area (Å²) in [5, 5.41) is 3.18. The van der Waals surface area contributed by atoms with Gasteiger partial charge in [0.25, 0.3) is 5.91 Å². The van der Waals surface area contributed by atoms with Gasteiger partial charge < -0.3 is 14.6 Å². The summed E-state index contributed by atoms with van der Waals surface area (Å²) >= 11 is 0. The maximum atomic E-state index is 12.4. The zero-order valence-corrected chi connectivity index (χ0v) is 11.7. The quantitative estimate of drug-likeness (QED) is 0.843. The van der Waals surface area contributed by atoms with E-state index in [4.69, 9.17) is 6.42 Å². The second kappa shape index (κ2) is 4.64. The Morgan fingerprint density at radius 2 is 2.24 bits per heavy atom. The predicted octanol–water partition coefficient (Wildman–Crippen LogP) is 1.35. The Morgan fingerprint density at radius 3 is 2.95 bits per heavy atom. The molecule has 2 aromatic heterocycles. The molecule has 0 aliphatic carbocycles. The van der Waals surface area contributed by atoms with Crippen molar-refractivity contribution in [3.05, 3.63) is 41.7 Å². The summed E-state index contributed by atoms with van der Waals surface area (Å²) in [7, 11) is 0. The lowest BCUT2D eigenvalue weighted by Gasteiger charge is -2.23. The SMILES string of the molecule is C#Cc1ccn2cc(C(=O)NC3CN4CC[C@H]3C4)ccc12. The minimum atomic E-state index is 0.00612. The number of fused-ring (bicyclic) bond motifs is 3. The highest BCUT2D eigenvalue weighted by molar-refractivity contribution is 5.94. The molecule has 0 spiro atoms. The van der Waals surface area contributed by atoms with Crippen LogP contribution in [-0.2, 0) is 0 Å². The molecule has 1 N–H and O–H groups in total. The Hall–Kier alpha value is -2.25. The van der Waals surface area contributed by atoms with Gasteiger partial charge in [0.2, 0.25) is 0 Å². The van der Waals surface area contributed by atoms with Crippen molar-refractivity contribution in [2.24, 2.45) is 5.92 Å². The Morgan fingerprint density at radius 1 is 1.33 bits per heavy atom. The Balaban J connectivity index is 1.55. The van der Waals surface area contributed by atoms with Gasteiger partial charge >= 0.3 is 0 Å². The minimum absolute atomic E-state index is 0.00612. The van der Waals surface area contributed by atoms with Crippen LogP contribution < -0.4 is 5.32 Å². The maximum Gasteiger partial charge on any atom is 0.253 e. The zero-order valence-electron chi connectivity index (χ0n) is 11.7. The largest absolute Gasteiger partial charge is 0.348 e. The molecule has 0 saturated carbocycles. The van der Waals surface area contributed by atoms with Crippen LogP contribution >= 0.6 is 0 Å². The molecule has 3 atom stereocenters. The third kappa shape index (κ3) is 2.01. The molecule has 2 fully saturated rings. The van der Waals surface area contributed by atoms with Gasteiger partial charge in [-0.25, -0.2) is 0 Å². The summed E-state index contributed by atoms with van der Waals surface area (Å²) in [6.45, 7) is 3.30. The second-order valence-electron chi connectivity index (χ2n) is 5.97. The summed E-state index contributed by atoms with van der Waals surface area (Å²) in [5.74, 6) is 3.28. The summed E-state index contributed by atoms with van der Waals surface area (Å²) < 4.78 is 1.91. The number of hydrogen-bond acceptors (Lipinski definition) is 2. The topological polar surface area (TPSA) is 36.8 Å². The lowest BCUT2D eigenvalue weighted by Crippen LogP contribution is -2.43. The van der Waals surface area contributed by atoms with E-state index in [1.54, 1.807) is 0 Å². The van der Waals surface area contributed by atoms with Crippen LogP contribution in [0.3, 0.4) is 0 Å². The highest BCUT2D eigenvalue weighted by Gasteiger charge is 2.38. The fourth-order valence-corrected chi connectivity index (χ4v) is 3.57. The number of pyridine rings is 1. The van der Waals surface area contributed by atoms with E-state index < -0.39 is 0 Å². The van der Waals surface area contributed by atoms with E-state index in [1.165, 1.54) is 13.0 Å². The first kappa shape index (κ1) is 12.5. The molecular weight excluding hydrogens is 262 g/mol. The van der Waals surface area contributed by atoms with Crippen molar-refractivity contribution in [1.82, 2.24) is 14.6 Å². The van der Waals surface area contributed by atoms with Crippen molar-refractivity contribution in [2.75, 3.05) is 19.6 Å². The lowest BCUT2D eigenvalue weighted by atomic mass is 10.00. The van der Waals surface area contributed by atoms with Crippen LogP contribution in [0, 0.1) is 18.3 Å². The predicted molar refractivity (Wildman–Crippen MR) is 81.1 cm³/mol. The van der Waals surface area contributed by atoms with Gasteiger partial charge in [-0.15, -0.1) is 6.42 Å². The average molecular weight is 279 g/mol. The van der Waals surface area contributed by atoms with E-state index in [0.717, 1.165) is 24.2 Å². The maximum absolute atomic E-state index is 12.4. The van der Waals surface area contributed by atoms with E-state index in [1.807, 2.05) is 35.0 Å². The van der Waals surface area contributed by atoms with Crippen molar-refractivity contribution >= 4 is 11.4 Å². The smallest absolute Gasteiger partial charge is 0.253 e. The van der Waals surface area contributed by atoms with Crippen molar-refractivity contribution < 1.29 is 4.79 Å². The van der Waals surface area contributed by atoms with E-state index in [9.17, 15) is 4.79 Å². The zero-order chi connectivity index (χ0) is 14.4. The van der Waals surface area contributed by atoms with Gasteiger partial charge in [-0.05, 0) is 37.1 Å². The summed E-state index contributed by atoms with van der Waals surface area (Å²) in [6.07, 6.45) is 10.4. The molecule has 2 bridgehead atoms. The average Bonchev–Trinajstić information content (AvgIpc) is 3.21. The van der Waals surface area contributed by atoms with E-state index >= 15 is 0 Å². The van der Waals surface area contributed by atoms with Crippen LogP contribution in [0.1, 0.15) is 22.3 Å². The fraction of sp³-hybridized carbons (Fsp3) is 0.353. The van der Waals surface area contributed by atoms with Gasteiger partial charge in [0.05, 0.1) is 11.1 Å². The number of terminal acetylenes is 1. The van der Waals surface area contributed by atoms with Crippen LogP contribution in [0.25, 0.3) is 5.52 Å². The monoisotopic (exact) mass is 279 g/mol. The minimum Gasteiger partial charge on any atom is -0.348 e. The number of nitrogens with one attached hydrogen (secondary N) is 1. The molecule has 21 heavy (non-hydrogen) atoms. The first-order valence-electron chi connectivity index (χ1n) is 7.35. The number of amides is 1. The van der Waals surface area contributed by atoms with Crippen molar-refractivity contribution in [3.8, 4) is 12.3 Å². The Labute approximate surface area is 123 Å². The third-order valence-electron chi connectivity index (χ3n) is 4.72. The molecule has 4 heteroatoms. The van der Waals surface area contributed by atoms with Crippen molar-refractivity contribution in [3.63, 3.8) is 0 Å². The highest BCUT2D eigenvalue weighted by Crippen LogP contribution is 2.27. The molecule has 0 radical (unpaired) electrons. The van der Waals surface area contributed by atoms with Crippen molar-refractivity contribution in [1.29, 1.82) is 0 Å². The summed E-state index contributed by atoms with van der Waals surface area (Å²) in [4.78, 5) is 14.8. The Kier molecular flexibility index (Phi) is 2.76. The lowest BCUT2D eigenvalue weighted by molar-refractivity contribution is 0.0924. The number of hydrogen-bond donors (Lipinski definition) is 1. The number of rotatable bonds is 2. The standard InChI is InChI=1S/C17H17N3O/c1-2-12-6-8-20-10-14(3-4-16(12)20)17(21)18-15-11-19-7-5-13(15)9-19/h1,3-4,6,8,10,13,15H,5,7,9,11H2,(H,18,21)/t13-,15?/m0/s1. The van der Waals surface area contributed by atoms with E-state index in [-0.39, 0.29) is 5.91 Å². The first-order valence-corrected chi connectivity index (χ1v) is 7.35. The second-order valence-corrected chi connectivity index (χ2v) is 5.97. The van der Waals surface area contributed by atoms with Crippen molar-refractivity contribution in [2.45, 2.75) is 12.5 Å². The number of carbonyl (C=O) groups is 1. The molecule has 0 aromatic carbocycles. The van der Waals surface area contributed by atoms with Crippen LogP contribution in [0.2, 0.25) is 0 Å². The number of carbonyl (C=O) groups excluding carboxylic acids is 1. The fourth-order valence-electron chi connectivity index (χ4n) is 3.57. The molecular formula is C17H17N3O. The molecule has 2 saturated heterocycles. The summed E-state index contributed by atoms with van der Waals surface area (Å²) in [6, 6.07) is 5.95. The molecule has 1 amide bonds. The van der Waals surface area contributed by atoms with Crippen LogP contribution in [0.4, 0.5) is 0 Å². The van der Waals surface area contributed by atoms with Crippen LogP contribution in [-0.4, -0.2) is 40.9 Å². The third-order valence-corrected chi connectivity index (χ3v) is 4.72. The molecule has 106 valence electrons. The molecule has 4 nitrogen and oxygen atoms in total. The number of aromatic nitrogens is 1. The first-order chi connectivity index (χ1) is 10.2. The van der Waals surface area contributed by atoms with Gasteiger partial charge in [-0.1, -0.05) is 5.92 Å². The molecule has 2 aliphatic heterocycles. The number of piperidine rings is 1. The molecule has 2 unspecified atom stereocenters. The van der Waals surface area contributed by atoms with Gasteiger partial charge in [-0.2, -0.15) is 0 Å². The van der Waals surface area contributed by atoms with E-state index in [0.29, 0.717) is 17.5 Å². The van der Waals surface area contributed by atoms with Crippen LogP contribution in [0.5, 0.6) is 0 Å². The van der Waals surface area contributed by atoms with Crippen LogP contribution in [0.15, 0.2) is 30.6 Å². The Bertz CT molecular complexity index is 755. The molecule has 2 aromatic rings. The molecule has 4 rings (SSSR count). The van der Waals surface area contributed by atoms with Gasteiger partial charge in [-0.3, -0.25) is 4.79 Å². The normalized spacial score (nSPS) is 26.9. The molecule has 4 heterocycles. The highest BCUT2D eigenvalue weighted by atomic mass is 16.1. The molecule has 2 aliphatic rings.